The van der Waals surface area contributed by atoms with Crippen LogP contribution in [0.4, 0.5) is 11.4 Å². The van der Waals surface area contributed by atoms with E-state index in [1.54, 1.807) is 6.07 Å². The Kier molecular flexibility index (Phi) is 8.75. The van der Waals surface area contributed by atoms with E-state index in [-0.39, 0.29) is 37.3 Å². The van der Waals surface area contributed by atoms with Gasteiger partial charge in [0.15, 0.2) is 0 Å². The number of halogens is 2. The lowest BCUT2D eigenvalue weighted by atomic mass is 10.2. The van der Waals surface area contributed by atoms with E-state index in [0.29, 0.717) is 17.4 Å². The van der Waals surface area contributed by atoms with Crippen LogP contribution in [-0.2, 0) is 6.54 Å². The lowest BCUT2D eigenvalue weighted by Gasteiger charge is -2.24. The lowest BCUT2D eigenvalue weighted by molar-refractivity contribution is 0.102. The van der Waals surface area contributed by atoms with Crippen LogP contribution in [0.2, 0.25) is 0 Å². The molecule has 7 heteroatoms. The van der Waals surface area contributed by atoms with Crippen molar-refractivity contribution >= 4 is 42.1 Å². The molecule has 1 amide bonds. The SMILES string of the molecule is CC(C)N(C)c1cccc(NC(=O)c2coc(CN)c2)c1.Cl.Cl. The third kappa shape index (κ3) is 5.46. The number of anilines is 2. The van der Waals surface area contributed by atoms with E-state index in [1.807, 2.05) is 31.3 Å². The van der Waals surface area contributed by atoms with Gasteiger partial charge in [-0.05, 0) is 38.1 Å². The molecule has 1 aromatic heterocycles. The van der Waals surface area contributed by atoms with Crippen molar-refractivity contribution in [2.75, 3.05) is 17.3 Å². The van der Waals surface area contributed by atoms with Crippen molar-refractivity contribution in [1.82, 2.24) is 0 Å². The van der Waals surface area contributed by atoms with Gasteiger partial charge in [-0.3, -0.25) is 4.79 Å². The molecule has 0 atom stereocenters. The number of hydrogen-bond donors (Lipinski definition) is 2. The molecule has 0 spiro atoms. The molecular weight excluding hydrogens is 337 g/mol. The number of rotatable bonds is 5. The summed E-state index contributed by atoms with van der Waals surface area (Å²) in [5.41, 5.74) is 7.74. The average molecular weight is 360 g/mol. The van der Waals surface area contributed by atoms with Crippen LogP contribution >= 0.6 is 24.8 Å². The highest BCUT2D eigenvalue weighted by molar-refractivity contribution is 6.04. The fourth-order valence-corrected chi connectivity index (χ4v) is 1.91. The van der Waals surface area contributed by atoms with Crippen molar-refractivity contribution in [3.63, 3.8) is 0 Å². The van der Waals surface area contributed by atoms with Crippen LogP contribution in [0.3, 0.4) is 0 Å². The van der Waals surface area contributed by atoms with E-state index in [2.05, 4.69) is 24.1 Å². The van der Waals surface area contributed by atoms with Gasteiger partial charge < -0.3 is 20.4 Å². The van der Waals surface area contributed by atoms with Crippen molar-refractivity contribution in [3.05, 3.63) is 47.9 Å². The van der Waals surface area contributed by atoms with Crippen LogP contribution < -0.4 is 16.0 Å². The first kappa shape index (κ1) is 21.3. The molecule has 2 aromatic rings. The van der Waals surface area contributed by atoms with Gasteiger partial charge in [0.2, 0.25) is 0 Å². The van der Waals surface area contributed by atoms with E-state index < -0.39 is 0 Å². The van der Waals surface area contributed by atoms with Crippen LogP contribution in [0, 0.1) is 0 Å². The van der Waals surface area contributed by atoms with Crippen molar-refractivity contribution < 1.29 is 9.21 Å². The summed E-state index contributed by atoms with van der Waals surface area (Å²) in [6, 6.07) is 9.78. The second-order valence-electron chi connectivity index (χ2n) is 5.21. The monoisotopic (exact) mass is 359 g/mol. The molecule has 0 bridgehead atoms. The topological polar surface area (TPSA) is 71.5 Å². The van der Waals surface area contributed by atoms with E-state index in [4.69, 9.17) is 10.2 Å². The summed E-state index contributed by atoms with van der Waals surface area (Å²) in [4.78, 5) is 14.3. The average Bonchev–Trinajstić information content (AvgIpc) is 2.95. The fourth-order valence-electron chi connectivity index (χ4n) is 1.91. The van der Waals surface area contributed by atoms with Crippen molar-refractivity contribution in [2.45, 2.75) is 26.4 Å². The summed E-state index contributed by atoms with van der Waals surface area (Å²) < 4.78 is 5.17. The number of hydrogen-bond acceptors (Lipinski definition) is 4. The van der Waals surface area contributed by atoms with Crippen molar-refractivity contribution in [3.8, 4) is 0 Å². The first-order chi connectivity index (χ1) is 10.0. The zero-order valence-corrected chi connectivity index (χ0v) is 15.0. The molecule has 0 aliphatic carbocycles. The highest BCUT2D eigenvalue weighted by Crippen LogP contribution is 2.21. The molecule has 0 aliphatic heterocycles. The number of amides is 1. The smallest absolute Gasteiger partial charge is 0.258 e. The van der Waals surface area contributed by atoms with E-state index in [1.165, 1.54) is 6.26 Å². The van der Waals surface area contributed by atoms with Gasteiger partial charge >= 0.3 is 0 Å². The van der Waals surface area contributed by atoms with Gasteiger partial charge in [-0.1, -0.05) is 6.07 Å². The van der Waals surface area contributed by atoms with Crippen LogP contribution in [0.15, 0.2) is 41.0 Å². The number of nitrogens with two attached hydrogens (primary N) is 1. The Labute approximate surface area is 149 Å². The second-order valence-corrected chi connectivity index (χ2v) is 5.21. The zero-order valence-electron chi connectivity index (χ0n) is 13.4. The Morgan fingerprint density at radius 3 is 2.57 bits per heavy atom. The summed E-state index contributed by atoms with van der Waals surface area (Å²) >= 11 is 0. The van der Waals surface area contributed by atoms with Crippen LogP contribution in [0.1, 0.15) is 30.0 Å². The molecule has 0 radical (unpaired) electrons. The molecular formula is C16H23Cl2N3O2. The summed E-state index contributed by atoms with van der Waals surface area (Å²) in [6.45, 7) is 4.51. The summed E-state index contributed by atoms with van der Waals surface area (Å²) in [6.07, 6.45) is 1.42. The molecule has 1 heterocycles. The maximum Gasteiger partial charge on any atom is 0.258 e. The third-order valence-electron chi connectivity index (χ3n) is 3.40. The van der Waals surface area contributed by atoms with Crippen molar-refractivity contribution in [2.24, 2.45) is 5.73 Å². The molecule has 23 heavy (non-hydrogen) atoms. The van der Waals surface area contributed by atoms with Gasteiger partial charge in [0.1, 0.15) is 12.0 Å². The number of nitrogens with zero attached hydrogens (tertiary/aromatic N) is 1. The van der Waals surface area contributed by atoms with Gasteiger partial charge in [-0.2, -0.15) is 0 Å². The van der Waals surface area contributed by atoms with Gasteiger partial charge in [-0.15, -0.1) is 24.8 Å². The number of carbonyl (C=O) groups is 1. The quantitative estimate of drug-likeness (QED) is 0.853. The van der Waals surface area contributed by atoms with E-state index >= 15 is 0 Å². The molecule has 1 aromatic carbocycles. The molecule has 5 nitrogen and oxygen atoms in total. The highest BCUT2D eigenvalue weighted by Gasteiger charge is 2.11. The normalized spacial score (nSPS) is 9.78. The number of furan rings is 1. The summed E-state index contributed by atoms with van der Waals surface area (Å²) in [5, 5.41) is 2.86. The van der Waals surface area contributed by atoms with Crippen molar-refractivity contribution in [1.29, 1.82) is 0 Å². The molecule has 0 saturated carbocycles. The molecule has 0 fully saturated rings. The van der Waals surface area contributed by atoms with Gasteiger partial charge in [0, 0.05) is 24.5 Å². The molecule has 3 N–H and O–H groups in total. The predicted molar refractivity (Wildman–Crippen MR) is 99.0 cm³/mol. The van der Waals surface area contributed by atoms with E-state index in [0.717, 1.165) is 11.4 Å². The second kappa shape index (κ2) is 9.45. The summed E-state index contributed by atoms with van der Waals surface area (Å²) in [7, 11) is 2.02. The molecule has 0 unspecified atom stereocenters. The molecule has 2 rings (SSSR count). The maximum atomic E-state index is 12.1. The molecule has 128 valence electrons. The Bertz CT molecular complexity index is 629. The lowest BCUT2D eigenvalue weighted by Crippen LogP contribution is -2.25. The van der Waals surface area contributed by atoms with Crippen LogP contribution in [0.5, 0.6) is 0 Å². The number of carbonyl (C=O) groups excluding carboxylic acids is 1. The minimum Gasteiger partial charge on any atom is -0.467 e. The molecule has 0 aliphatic rings. The zero-order chi connectivity index (χ0) is 15.4. The minimum atomic E-state index is -0.206. The predicted octanol–water partition coefficient (Wildman–Crippen LogP) is 3.68. The first-order valence-corrected chi connectivity index (χ1v) is 6.93. The highest BCUT2D eigenvalue weighted by atomic mass is 35.5. The number of benzene rings is 1. The Hall–Kier alpha value is -1.69. The van der Waals surface area contributed by atoms with Gasteiger partial charge in [0.05, 0.1) is 12.1 Å². The van der Waals surface area contributed by atoms with Gasteiger partial charge in [0.25, 0.3) is 5.91 Å². The number of nitrogens with one attached hydrogen (secondary N) is 1. The Morgan fingerprint density at radius 2 is 2.00 bits per heavy atom. The standard InChI is InChI=1S/C16H21N3O2.2ClH/c1-11(2)19(3)14-6-4-5-13(8-14)18-16(20)12-7-15(9-17)21-10-12;;/h4-8,10-11H,9,17H2,1-3H3,(H,18,20);2*1H. The first-order valence-electron chi connectivity index (χ1n) is 6.93. The Balaban J connectivity index is 0.00000242. The van der Waals surface area contributed by atoms with Crippen LogP contribution in [0.25, 0.3) is 0 Å². The largest absolute Gasteiger partial charge is 0.467 e. The summed E-state index contributed by atoms with van der Waals surface area (Å²) in [5.74, 6) is 0.385. The Morgan fingerprint density at radius 1 is 1.30 bits per heavy atom. The van der Waals surface area contributed by atoms with Gasteiger partial charge in [-0.25, -0.2) is 0 Å². The molecule has 0 saturated heterocycles. The van der Waals surface area contributed by atoms with Crippen LogP contribution in [-0.4, -0.2) is 19.0 Å². The maximum absolute atomic E-state index is 12.1. The fraction of sp³-hybridized carbons (Fsp3) is 0.312. The van der Waals surface area contributed by atoms with E-state index in [9.17, 15) is 4.79 Å². The third-order valence-corrected chi connectivity index (χ3v) is 3.40. The minimum absolute atomic E-state index is 0.